The average Bonchev–Trinajstić information content (AvgIpc) is 2.29. The van der Waals surface area contributed by atoms with Crippen LogP contribution in [-0.2, 0) is 27.6 Å². The Hall–Kier alpha value is -0.172. The number of aliphatic hydroxyl groups excluding tert-OH is 1. The fourth-order valence-electron chi connectivity index (χ4n) is 1.61. The van der Waals surface area contributed by atoms with E-state index in [9.17, 15) is 0 Å². The number of hydrogen-bond donors (Lipinski definition) is 1. The number of rotatable bonds is 6. The molecule has 0 saturated carbocycles. The van der Waals surface area contributed by atoms with Gasteiger partial charge in [0.1, 0.15) is 0 Å². The molecule has 0 amide bonds. The minimum absolute atomic E-state index is 0. The summed E-state index contributed by atoms with van der Waals surface area (Å²) in [5.74, 6) is 0.0490. The first-order valence-corrected chi connectivity index (χ1v) is 5.68. The Labute approximate surface area is 119 Å². The molecule has 2 nitrogen and oxygen atoms in total. The largest absolute Gasteiger partial charge is 2.00 e. The summed E-state index contributed by atoms with van der Waals surface area (Å²) in [6.07, 6.45) is 0. The third-order valence-electron chi connectivity index (χ3n) is 2.60. The van der Waals surface area contributed by atoms with E-state index in [0.29, 0.717) is 0 Å². The second-order valence-electron chi connectivity index (χ2n) is 4.31. The zero-order valence-electron chi connectivity index (χ0n) is 10.4. The molecule has 3 heteroatoms. The molecule has 0 bridgehead atoms. The van der Waals surface area contributed by atoms with Crippen molar-refractivity contribution >= 4 is 0 Å². The minimum atomic E-state index is 0. The Morgan fingerprint density at radius 2 is 1.82 bits per heavy atom. The van der Waals surface area contributed by atoms with Gasteiger partial charge in [0, 0.05) is 13.2 Å². The maximum Gasteiger partial charge on any atom is 2.00 e. The SMILES string of the molecule is [CH2-]C(CO)CN(Cc1ccccc1)C([CH2-])C.[W+2]. The molecule has 1 rings (SSSR count). The van der Waals surface area contributed by atoms with E-state index in [-0.39, 0.29) is 39.6 Å². The third-order valence-corrected chi connectivity index (χ3v) is 2.60. The molecular weight excluding hydrogens is 382 g/mol. The third kappa shape index (κ3) is 6.35. The first kappa shape index (κ1) is 16.8. The van der Waals surface area contributed by atoms with Crippen molar-refractivity contribution in [3.8, 4) is 0 Å². The van der Waals surface area contributed by atoms with Gasteiger partial charge in [-0.15, -0.1) is 12.0 Å². The van der Waals surface area contributed by atoms with E-state index in [1.54, 1.807) is 0 Å². The van der Waals surface area contributed by atoms with Crippen LogP contribution >= 0.6 is 0 Å². The van der Waals surface area contributed by atoms with E-state index in [0.717, 1.165) is 13.1 Å². The fraction of sp³-hybridized carbons (Fsp3) is 0.429. The summed E-state index contributed by atoms with van der Waals surface area (Å²) in [6, 6.07) is 10.5. The van der Waals surface area contributed by atoms with Crippen LogP contribution in [0, 0.1) is 19.8 Å². The van der Waals surface area contributed by atoms with Crippen LogP contribution < -0.4 is 0 Å². The van der Waals surface area contributed by atoms with Gasteiger partial charge in [-0.2, -0.15) is 0 Å². The molecule has 2 unspecified atom stereocenters. The summed E-state index contributed by atoms with van der Waals surface area (Å²) in [4.78, 5) is 2.23. The summed E-state index contributed by atoms with van der Waals surface area (Å²) < 4.78 is 0. The molecule has 0 fully saturated rings. The molecule has 2 atom stereocenters. The Morgan fingerprint density at radius 1 is 1.24 bits per heavy atom. The number of hydrogen-bond acceptors (Lipinski definition) is 2. The molecule has 0 aliphatic rings. The second kappa shape index (κ2) is 8.85. The molecule has 0 heterocycles. The van der Waals surface area contributed by atoms with Gasteiger partial charge in [-0.25, -0.2) is 0 Å². The van der Waals surface area contributed by atoms with Crippen molar-refractivity contribution in [3.05, 3.63) is 49.7 Å². The van der Waals surface area contributed by atoms with Gasteiger partial charge >= 0.3 is 21.1 Å². The molecule has 0 radical (unpaired) electrons. The van der Waals surface area contributed by atoms with Crippen LogP contribution in [0.2, 0.25) is 0 Å². The van der Waals surface area contributed by atoms with Gasteiger partial charge in [0.2, 0.25) is 0 Å². The molecule has 1 N–H and O–H groups in total. The van der Waals surface area contributed by atoms with Gasteiger partial charge in [0.15, 0.2) is 0 Å². The second-order valence-corrected chi connectivity index (χ2v) is 4.31. The molecule has 1 aromatic carbocycles. The van der Waals surface area contributed by atoms with Crippen LogP contribution in [0.5, 0.6) is 0 Å². The standard InChI is InChI=1S/C14H21NO.W/c1-12(2)15(9-13(3)11-16)10-14-7-5-4-6-8-14;/h4-8,12-13,16H,1,3,9-11H2,2H3;/q-2;+2. The Morgan fingerprint density at radius 3 is 2.29 bits per heavy atom. The van der Waals surface area contributed by atoms with Gasteiger partial charge in [-0.05, 0) is 12.1 Å². The van der Waals surface area contributed by atoms with Gasteiger partial charge in [0.25, 0.3) is 0 Å². The van der Waals surface area contributed by atoms with E-state index in [1.807, 2.05) is 18.2 Å². The normalized spacial score (nSPS) is 14.2. The molecule has 0 aliphatic carbocycles. The monoisotopic (exact) mass is 403 g/mol. The first-order valence-electron chi connectivity index (χ1n) is 5.68. The van der Waals surface area contributed by atoms with Crippen molar-refractivity contribution in [2.24, 2.45) is 5.92 Å². The van der Waals surface area contributed by atoms with Crippen molar-refractivity contribution in [3.63, 3.8) is 0 Å². The van der Waals surface area contributed by atoms with Crippen molar-refractivity contribution in [1.29, 1.82) is 0 Å². The van der Waals surface area contributed by atoms with Crippen LogP contribution in [0.15, 0.2) is 30.3 Å². The van der Waals surface area contributed by atoms with Crippen LogP contribution in [-0.4, -0.2) is 29.2 Å². The number of nitrogens with zero attached hydrogens (tertiary/aromatic N) is 1. The molecule has 0 aliphatic heterocycles. The zero-order valence-corrected chi connectivity index (χ0v) is 13.3. The van der Waals surface area contributed by atoms with Gasteiger partial charge in [-0.3, -0.25) is 0 Å². The first-order chi connectivity index (χ1) is 7.63. The molecule has 0 saturated heterocycles. The summed E-state index contributed by atoms with van der Waals surface area (Å²) in [7, 11) is 0. The molecule has 0 aromatic heterocycles. The Bertz CT molecular complexity index is 290. The predicted molar refractivity (Wildman–Crippen MR) is 67.6 cm³/mol. The van der Waals surface area contributed by atoms with Gasteiger partial charge in [-0.1, -0.05) is 37.3 Å². The van der Waals surface area contributed by atoms with Crippen molar-refractivity contribution < 1.29 is 26.2 Å². The summed E-state index contributed by atoms with van der Waals surface area (Å²) in [5, 5.41) is 9.02. The maximum atomic E-state index is 9.02. The van der Waals surface area contributed by atoms with Crippen molar-refractivity contribution in [2.75, 3.05) is 13.2 Å². The zero-order chi connectivity index (χ0) is 12.0. The predicted octanol–water partition coefficient (Wildman–Crippen LogP) is 2.15. The molecule has 17 heavy (non-hydrogen) atoms. The van der Waals surface area contributed by atoms with E-state index in [2.05, 4.69) is 37.8 Å². The molecule has 0 spiro atoms. The Kier molecular flexibility index (Phi) is 8.76. The van der Waals surface area contributed by atoms with Crippen LogP contribution in [0.25, 0.3) is 0 Å². The number of aliphatic hydroxyl groups is 1. The summed E-state index contributed by atoms with van der Waals surface area (Å²) in [5.41, 5.74) is 1.27. The van der Waals surface area contributed by atoms with E-state index in [4.69, 9.17) is 5.11 Å². The maximum absolute atomic E-state index is 9.02. The van der Waals surface area contributed by atoms with E-state index < -0.39 is 0 Å². The van der Waals surface area contributed by atoms with Gasteiger partial charge < -0.3 is 23.9 Å². The molecular formula is C14H21NOW. The topological polar surface area (TPSA) is 23.5 Å². The van der Waals surface area contributed by atoms with E-state index >= 15 is 0 Å². The quantitative estimate of drug-likeness (QED) is 0.737. The minimum Gasteiger partial charge on any atom is -0.399 e. The average molecular weight is 403 g/mol. The fourth-order valence-corrected chi connectivity index (χ4v) is 1.61. The smallest absolute Gasteiger partial charge is 0.399 e. The summed E-state index contributed by atoms with van der Waals surface area (Å²) in [6.45, 7) is 11.8. The van der Waals surface area contributed by atoms with Crippen LogP contribution in [0.3, 0.4) is 0 Å². The van der Waals surface area contributed by atoms with E-state index in [1.165, 1.54) is 5.56 Å². The van der Waals surface area contributed by atoms with Crippen LogP contribution in [0.4, 0.5) is 0 Å². The van der Waals surface area contributed by atoms with Gasteiger partial charge in [0.05, 0.1) is 0 Å². The summed E-state index contributed by atoms with van der Waals surface area (Å²) >= 11 is 0. The van der Waals surface area contributed by atoms with Crippen molar-refractivity contribution in [1.82, 2.24) is 4.90 Å². The van der Waals surface area contributed by atoms with Crippen molar-refractivity contribution in [2.45, 2.75) is 19.5 Å². The van der Waals surface area contributed by atoms with Crippen LogP contribution in [0.1, 0.15) is 12.5 Å². The number of benzene rings is 1. The Balaban J connectivity index is 0.00000256. The molecule has 94 valence electrons. The molecule has 1 aromatic rings.